The Morgan fingerprint density at radius 2 is 1.59 bits per heavy atom. The van der Waals surface area contributed by atoms with E-state index in [1.54, 1.807) is 54.4 Å². The molecule has 0 spiro atoms. The molecule has 364 valence electrons. The van der Waals surface area contributed by atoms with Crippen LogP contribution in [-0.4, -0.2) is 131 Å². The van der Waals surface area contributed by atoms with E-state index < -0.39 is 30.3 Å². The average molecular weight is 974 g/mol. The van der Waals surface area contributed by atoms with Crippen molar-refractivity contribution >= 4 is 29.2 Å². The summed E-state index contributed by atoms with van der Waals surface area (Å²) in [5, 5.41) is 4.97. The molecular formula is C52H54ClFN8O8. The molecule has 70 heavy (non-hydrogen) atoms. The molecule has 2 unspecified atom stereocenters. The second kappa shape index (κ2) is 22.4. The molecule has 0 bridgehead atoms. The monoisotopic (exact) mass is 972 g/mol. The Kier molecular flexibility index (Phi) is 15.7. The predicted octanol–water partition coefficient (Wildman–Crippen LogP) is 8.41. The van der Waals surface area contributed by atoms with Crippen LogP contribution in [0.3, 0.4) is 0 Å². The first-order valence-electron chi connectivity index (χ1n) is 22.7. The van der Waals surface area contributed by atoms with E-state index in [2.05, 4.69) is 31.9 Å². The van der Waals surface area contributed by atoms with Gasteiger partial charge in [-0.3, -0.25) is 4.90 Å². The average Bonchev–Trinajstić information content (AvgIpc) is 3.75. The van der Waals surface area contributed by atoms with Crippen molar-refractivity contribution in [1.82, 2.24) is 39.3 Å². The summed E-state index contributed by atoms with van der Waals surface area (Å²) in [6.45, 7) is 8.52. The van der Waals surface area contributed by atoms with Crippen molar-refractivity contribution in [3.8, 4) is 56.8 Å². The lowest BCUT2D eigenvalue weighted by molar-refractivity contribution is -0.174. The van der Waals surface area contributed by atoms with Gasteiger partial charge in [0.05, 0.1) is 23.4 Å². The first kappa shape index (κ1) is 49.1. The molecule has 1 aliphatic rings. The number of ether oxygens (including phenoxy) is 6. The van der Waals surface area contributed by atoms with Crippen LogP contribution in [0.4, 0.5) is 9.18 Å². The zero-order chi connectivity index (χ0) is 49.3. The highest BCUT2D eigenvalue weighted by Gasteiger charge is 2.31. The Hall–Kier alpha value is -7.34. The fourth-order valence-corrected chi connectivity index (χ4v) is 8.23. The Bertz CT molecular complexity index is 2950. The lowest BCUT2D eigenvalue weighted by atomic mass is 9.94. The number of halogens is 2. The minimum atomic E-state index is -1.39. The largest absolute Gasteiger partial charge is 0.496 e. The minimum Gasteiger partial charge on any atom is -0.496 e. The van der Waals surface area contributed by atoms with E-state index in [9.17, 15) is 14.0 Å². The highest BCUT2D eigenvalue weighted by Crippen LogP contribution is 2.44. The Balaban J connectivity index is 1.14. The van der Waals surface area contributed by atoms with Crippen molar-refractivity contribution in [2.75, 3.05) is 67.6 Å². The molecule has 0 aliphatic carbocycles. The number of para-hydroxylation sites is 2. The Morgan fingerprint density at radius 3 is 2.34 bits per heavy atom. The SMILES string of the molecule is COc1ccccc1-c1nccc(COc2ccccc2CC(Oc2ncnn3cc(-c4ccc(F)cc4)c(-c4ccc(OCCN5CCN(C)CC5)c(Cl)c4C)c23)C(=O)OC(C)OC(=O)N(C)C)n1. The molecule has 1 aliphatic heterocycles. The normalized spacial score (nSPS) is 13.9. The van der Waals surface area contributed by atoms with Gasteiger partial charge in [0, 0.05) is 83.7 Å². The van der Waals surface area contributed by atoms with Gasteiger partial charge < -0.3 is 38.2 Å². The molecule has 1 saturated heterocycles. The molecule has 2 atom stereocenters. The second-order valence-electron chi connectivity index (χ2n) is 16.9. The van der Waals surface area contributed by atoms with Crippen LogP contribution < -0.4 is 18.9 Å². The van der Waals surface area contributed by atoms with Crippen LogP contribution in [0.1, 0.15) is 23.7 Å². The van der Waals surface area contributed by atoms with Gasteiger partial charge in [-0.15, -0.1) is 0 Å². The fourth-order valence-electron chi connectivity index (χ4n) is 8.01. The van der Waals surface area contributed by atoms with Gasteiger partial charge in [0.15, 0.2) is 5.82 Å². The number of carbonyl (C=O) groups excluding carboxylic acids is 2. The van der Waals surface area contributed by atoms with E-state index in [-0.39, 0.29) is 18.9 Å². The number of methoxy groups -OCH3 is 1. The summed E-state index contributed by atoms with van der Waals surface area (Å²) >= 11 is 7.13. The minimum absolute atomic E-state index is 0.0181. The van der Waals surface area contributed by atoms with Gasteiger partial charge in [0.1, 0.15) is 48.1 Å². The van der Waals surface area contributed by atoms with Crippen LogP contribution in [0.15, 0.2) is 110 Å². The standard InChI is InChI=1S/C52H54ClFN8O8/c1-33-39(19-20-44(47(33)53)66-28-27-61-25-23-60(5)24-26-61)46-41(35-15-17-37(54)18-16-35)30-62-48(46)50(56-32-57-62)70-45(51(63)68-34(2)69-52(64)59(3)4)29-36-11-7-9-13-42(36)67-31-38-21-22-55-49(58-38)40-12-8-10-14-43(40)65-6/h7-22,30,32,34,45H,23-29,31H2,1-6H3. The van der Waals surface area contributed by atoms with E-state index in [0.29, 0.717) is 79.3 Å². The predicted molar refractivity (Wildman–Crippen MR) is 262 cm³/mol. The third kappa shape index (κ3) is 11.6. The number of piperazine rings is 1. The molecule has 4 aromatic carbocycles. The molecule has 16 nitrogen and oxygen atoms in total. The molecule has 7 aromatic rings. The Labute approximate surface area is 410 Å². The van der Waals surface area contributed by atoms with Gasteiger partial charge in [-0.2, -0.15) is 10.1 Å². The van der Waals surface area contributed by atoms with Crippen molar-refractivity contribution in [1.29, 1.82) is 0 Å². The second-order valence-corrected chi connectivity index (χ2v) is 17.3. The quantitative estimate of drug-likeness (QED) is 0.0597. The number of carbonyl (C=O) groups is 2. The van der Waals surface area contributed by atoms with Gasteiger partial charge in [0.2, 0.25) is 18.3 Å². The molecule has 4 heterocycles. The highest BCUT2D eigenvalue weighted by molar-refractivity contribution is 6.33. The summed E-state index contributed by atoms with van der Waals surface area (Å²) in [4.78, 5) is 46.6. The number of hydrogen-bond acceptors (Lipinski definition) is 14. The number of aromatic nitrogens is 5. The number of hydrogen-bond donors (Lipinski definition) is 0. The number of nitrogens with zero attached hydrogens (tertiary/aromatic N) is 8. The number of fused-ring (bicyclic) bond motifs is 1. The van der Waals surface area contributed by atoms with Crippen LogP contribution in [0.2, 0.25) is 5.02 Å². The van der Waals surface area contributed by atoms with E-state index in [0.717, 1.165) is 38.3 Å². The molecular weight excluding hydrogens is 919 g/mol. The molecule has 3 aromatic heterocycles. The van der Waals surface area contributed by atoms with Crippen LogP contribution in [0.25, 0.3) is 39.2 Å². The topological polar surface area (TPSA) is 155 Å². The number of benzene rings is 4. The zero-order valence-corrected chi connectivity index (χ0v) is 40.6. The smallest absolute Gasteiger partial charge is 0.412 e. The van der Waals surface area contributed by atoms with Gasteiger partial charge in [-0.25, -0.2) is 28.5 Å². The zero-order valence-electron chi connectivity index (χ0n) is 39.8. The van der Waals surface area contributed by atoms with Crippen LogP contribution in [-0.2, 0) is 27.3 Å². The summed E-state index contributed by atoms with van der Waals surface area (Å²) in [5.41, 5.74) is 5.61. The van der Waals surface area contributed by atoms with Gasteiger partial charge in [-0.1, -0.05) is 60.1 Å². The number of amides is 1. The Morgan fingerprint density at radius 1 is 0.843 bits per heavy atom. The molecule has 0 saturated carbocycles. The lowest BCUT2D eigenvalue weighted by Crippen LogP contribution is -2.45. The molecule has 1 amide bonds. The number of rotatable bonds is 18. The van der Waals surface area contributed by atoms with Gasteiger partial charge in [-0.05, 0) is 78.7 Å². The van der Waals surface area contributed by atoms with E-state index in [1.165, 1.54) is 44.4 Å². The van der Waals surface area contributed by atoms with Crippen LogP contribution in [0, 0.1) is 12.7 Å². The van der Waals surface area contributed by atoms with Crippen LogP contribution >= 0.6 is 11.6 Å². The summed E-state index contributed by atoms with van der Waals surface area (Å²) in [7, 11) is 6.74. The van der Waals surface area contributed by atoms with Crippen LogP contribution in [0.5, 0.6) is 23.1 Å². The van der Waals surface area contributed by atoms with Crippen molar-refractivity contribution in [3.05, 3.63) is 137 Å². The first-order chi connectivity index (χ1) is 33.9. The van der Waals surface area contributed by atoms with Gasteiger partial charge in [0.25, 0.3) is 0 Å². The molecule has 18 heteroatoms. The fraction of sp³-hybridized carbons (Fsp3) is 0.308. The maximum absolute atomic E-state index is 14.4. The van der Waals surface area contributed by atoms with Gasteiger partial charge >= 0.3 is 12.1 Å². The summed E-state index contributed by atoms with van der Waals surface area (Å²) < 4.78 is 51.9. The molecule has 0 N–H and O–H groups in total. The summed E-state index contributed by atoms with van der Waals surface area (Å²) in [6.07, 6.45) is 1.27. The molecule has 1 fully saturated rings. The van der Waals surface area contributed by atoms with Crippen molar-refractivity contribution < 1.29 is 42.4 Å². The third-order valence-electron chi connectivity index (χ3n) is 11.8. The lowest BCUT2D eigenvalue weighted by Gasteiger charge is -2.32. The van der Waals surface area contributed by atoms with Crippen molar-refractivity contribution in [3.63, 3.8) is 0 Å². The third-order valence-corrected chi connectivity index (χ3v) is 12.3. The van der Waals surface area contributed by atoms with E-state index >= 15 is 0 Å². The molecule has 8 rings (SSSR count). The molecule has 0 radical (unpaired) electrons. The maximum atomic E-state index is 14.4. The summed E-state index contributed by atoms with van der Waals surface area (Å²) in [6, 6.07) is 26.2. The van der Waals surface area contributed by atoms with E-state index in [1.807, 2.05) is 55.5 Å². The van der Waals surface area contributed by atoms with E-state index in [4.69, 9.17) is 45.0 Å². The first-order valence-corrected chi connectivity index (χ1v) is 23.1. The maximum Gasteiger partial charge on any atom is 0.412 e. The summed E-state index contributed by atoms with van der Waals surface area (Å²) in [5.74, 6) is 0.829. The number of esters is 1. The van der Waals surface area contributed by atoms with Crippen molar-refractivity contribution in [2.45, 2.75) is 39.3 Å². The highest BCUT2D eigenvalue weighted by atomic mass is 35.5. The number of likely N-dealkylation sites (N-methyl/N-ethyl adjacent to an activating group) is 1. The van der Waals surface area contributed by atoms with Crippen molar-refractivity contribution in [2.24, 2.45) is 0 Å².